The van der Waals surface area contributed by atoms with Gasteiger partial charge in [0.15, 0.2) is 5.78 Å². The van der Waals surface area contributed by atoms with E-state index in [1.165, 1.54) is 17.0 Å². The van der Waals surface area contributed by atoms with Crippen LogP contribution in [0.5, 0.6) is 0 Å². The van der Waals surface area contributed by atoms with Crippen LogP contribution >= 0.6 is 0 Å². The minimum Gasteiger partial charge on any atom is -0.512 e. The molecule has 0 saturated heterocycles. The molecule has 2 aromatic carbocycles. The summed E-state index contributed by atoms with van der Waals surface area (Å²) in [7, 11) is 0. The predicted molar refractivity (Wildman–Crippen MR) is 130 cm³/mol. The summed E-state index contributed by atoms with van der Waals surface area (Å²) in [6, 6.07) is 20.0. The van der Waals surface area contributed by atoms with Crippen LogP contribution in [0.25, 0.3) is 22.2 Å². The number of hydrogen-bond acceptors (Lipinski definition) is 3. The van der Waals surface area contributed by atoms with E-state index >= 15 is 0 Å². The Morgan fingerprint density at radius 3 is 2.31 bits per heavy atom. The first-order chi connectivity index (χ1) is 14.7. The summed E-state index contributed by atoms with van der Waals surface area (Å²) in [5.74, 6) is 0.354. The first-order valence-corrected chi connectivity index (χ1v) is 11.1. The summed E-state index contributed by atoms with van der Waals surface area (Å²) >= 11 is 0. The Kier molecular flexibility index (Phi) is 11.5. The van der Waals surface area contributed by atoms with E-state index < -0.39 is 0 Å². The standard InChI is InChI=1S/C17H14N.C11H20O2.Ir/c1-12-9-13(2)11-15(10-12)17-8-7-14-5-3-4-6-16(14)18-17;1-5-9(6-2)11(13)7-10(12)8(3)4;/h3-10H,1-2H3;7-9,12H,5-6H2,1-4H3;/q-1;;/b;10-7-;. The van der Waals surface area contributed by atoms with Crippen molar-refractivity contribution in [3.8, 4) is 11.3 Å². The van der Waals surface area contributed by atoms with Gasteiger partial charge in [-0.05, 0) is 30.0 Å². The molecular weight excluding hydrogens is 575 g/mol. The molecule has 1 radical (unpaired) electrons. The van der Waals surface area contributed by atoms with Crippen LogP contribution in [-0.4, -0.2) is 15.9 Å². The molecule has 3 aromatic rings. The maximum absolute atomic E-state index is 11.5. The Hall–Kier alpha value is -2.29. The van der Waals surface area contributed by atoms with E-state index in [9.17, 15) is 9.90 Å². The van der Waals surface area contributed by atoms with Gasteiger partial charge in [0.05, 0.1) is 11.3 Å². The first kappa shape index (κ1) is 27.7. The van der Waals surface area contributed by atoms with E-state index in [0.29, 0.717) is 0 Å². The van der Waals surface area contributed by atoms with Gasteiger partial charge in [0, 0.05) is 38.0 Å². The van der Waals surface area contributed by atoms with Gasteiger partial charge in [-0.2, -0.15) is 0 Å². The number of para-hydroxylation sites is 1. The molecule has 0 saturated carbocycles. The van der Waals surface area contributed by atoms with Gasteiger partial charge in [-0.1, -0.05) is 71.9 Å². The zero-order valence-electron chi connectivity index (χ0n) is 19.9. The van der Waals surface area contributed by atoms with Crippen molar-refractivity contribution in [3.05, 3.63) is 77.6 Å². The summed E-state index contributed by atoms with van der Waals surface area (Å²) in [4.78, 5) is 16.2. The van der Waals surface area contributed by atoms with Gasteiger partial charge in [0.25, 0.3) is 0 Å². The molecule has 0 aliphatic heterocycles. The Balaban J connectivity index is 0.000000330. The molecule has 0 aliphatic carbocycles. The number of carbonyl (C=O) groups is 1. The van der Waals surface area contributed by atoms with Gasteiger partial charge in [0.1, 0.15) is 0 Å². The molecule has 0 bridgehead atoms. The summed E-state index contributed by atoms with van der Waals surface area (Å²) in [5, 5.41) is 10.5. The third-order valence-corrected chi connectivity index (χ3v) is 5.29. The smallest absolute Gasteiger partial charge is 0.162 e. The van der Waals surface area contributed by atoms with E-state index in [-0.39, 0.29) is 43.5 Å². The number of aliphatic hydroxyl groups is 1. The molecule has 1 N–H and O–H groups in total. The molecule has 4 heteroatoms. The van der Waals surface area contributed by atoms with Crippen LogP contribution in [0.4, 0.5) is 0 Å². The van der Waals surface area contributed by atoms with Crippen LogP contribution in [0, 0.1) is 31.7 Å². The normalized spacial score (nSPS) is 11.2. The molecule has 1 heterocycles. The van der Waals surface area contributed by atoms with E-state index in [1.54, 1.807) is 0 Å². The van der Waals surface area contributed by atoms with E-state index in [4.69, 9.17) is 4.98 Å². The largest absolute Gasteiger partial charge is 0.512 e. The van der Waals surface area contributed by atoms with Gasteiger partial charge < -0.3 is 5.11 Å². The third kappa shape index (κ3) is 8.00. The maximum atomic E-state index is 11.5. The number of hydrogen-bond donors (Lipinski definition) is 1. The molecule has 32 heavy (non-hydrogen) atoms. The molecular formula is C28H34IrNO2-. The van der Waals surface area contributed by atoms with Crippen molar-refractivity contribution in [1.82, 2.24) is 4.98 Å². The van der Waals surface area contributed by atoms with Gasteiger partial charge in [-0.15, -0.1) is 34.9 Å². The van der Waals surface area contributed by atoms with Crippen LogP contribution < -0.4 is 0 Å². The van der Waals surface area contributed by atoms with Crippen LogP contribution in [0.2, 0.25) is 0 Å². The fourth-order valence-corrected chi connectivity index (χ4v) is 3.37. The number of aromatic nitrogens is 1. The van der Waals surface area contributed by atoms with Crippen molar-refractivity contribution in [2.75, 3.05) is 0 Å². The number of benzene rings is 2. The fourth-order valence-electron chi connectivity index (χ4n) is 3.37. The minimum absolute atomic E-state index is 0. The van der Waals surface area contributed by atoms with Crippen molar-refractivity contribution in [1.29, 1.82) is 0 Å². The van der Waals surface area contributed by atoms with Crippen LogP contribution in [-0.2, 0) is 24.9 Å². The minimum atomic E-state index is 0. The summed E-state index contributed by atoms with van der Waals surface area (Å²) in [5.41, 5.74) is 5.48. The van der Waals surface area contributed by atoms with Crippen molar-refractivity contribution in [2.45, 2.75) is 54.4 Å². The van der Waals surface area contributed by atoms with Gasteiger partial charge in [-0.3, -0.25) is 9.78 Å². The maximum Gasteiger partial charge on any atom is 0.162 e. The Morgan fingerprint density at radius 1 is 1.06 bits per heavy atom. The number of aryl methyl sites for hydroxylation is 2. The number of pyridine rings is 1. The molecule has 1 aromatic heterocycles. The van der Waals surface area contributed by atoms with E-state index in [2.05, 4.69) is 50.2 Å². The zero-order valence-corrected chi connectivity index (χ0v) is 22.3. The van der Waals surface area contributed by atoms with Gasteiger partial charge in [0.2, 0.25) is 0 Å². The SMILES string of the molecule is CCC(CC)C(=O)/C=C(\O)C(C)C.Cc1[c-]c(-c2ccc3ccccc3n2)cc(C)c1.[Ir]. The van der Waals surface area contributed by atoms with Crippen molar-refractivity contribution >= 4 is 16.7 Å². The van der Waals surface area contributed by atoms with Crippen LogP contribution in [0.15, 0.2) is 60.4 Å². The fraction of sp³-hybridized carbons (Fsp3) is 0.357. The van der Waals surface area contributed by atoms with E-state index in [1.807, 2.05) is 45.9 Å². The first-order valence-electron chi connectivity index (χ1n) is 11.1. The molecule has 0 fully saturated rings. The molecule has 0 atom stereocenters. The van der Waals surface area contributed by atoms with Crippen LogP contribution in [0.3, 0.4) is 0 Å². The molecule has 3 nitrogen and oxygen atoms in total. The second kappa shape index (κ2) is 13.3. The second-order valence-corrected chi connectivity index (χ2v) is 8.28. The molecule has 0 unspecified atom stereocenters. The summed E-state index contributed by atoms with van der Waals surface area (Å²) in [6.45, 7) is 11.9. The quantitative estimate of drug-likeness (QED) is 0.180. The number of aliphatic hydroxyl groups excluding tert-OH is 1. The average Bonchev–Trinajstić information content (AvgIpc) is 2.74. The zero-order chi connectivity index (χ0) is 23.0. The molecule has 0 amide bonds. The Bertz CT molecular complexity index is 1030. The number of rotatable bonds is 6. The number of fused-ring (bicyclic) bond motifs is 1. The third-order valence-electron chi connectivity index (χ3n) is 5.29. The van der Waals surface area contributed by atoms with E-state index in [0.717, 1.165) is 35.2 Å². The van der Waals surface area contributed by atoms with Crippen LogP contribution in [0.1, 0.15) is 51.7 Å². The van der Waals surface area contributed by atoms with Gasteiger partial charge in [-0.25, -0.2) is 0 Å². The topological polar surface area (TPSA) is 50.2 Å². The summed E-state index contributed by atoms with van der Waals surface area (Å²) in [6.07, 6.45) is 3.07. The van der Waals surface area contributed by atoms with Crippen molar-refractivity contribution < 1.29 is 30.0 Å². The predicted octanol–water partition coefficient (Wildman–Crippen LogP) is 7.41. The van der Waals surface area contributed by atoms with Crippen molar-refractivity contribution in [2.24, 2.45) is 11.8 Å². The summed E-state index contributed by atoms with van der Waals surface area (Å²) < 4.78 is 0. The molecule has 0 spiro atoms. The number of nitrogens with zero attached hydrogens (tertiary/aromatic N) is 1. The Morgan fingerprint density at radius 2 is 1.72 bits per heavy atom. The molecule has 173 valence electrons. The molecule has 3 rings (SSSR count). The van der Waals surface area contributed by atoms with Gasteiger partial charge >= 0.3 is 0 Å². The number of carbonyl (C=O) groups excluding carboxylic acids is 1. The Labute approximate surface area is 206 Å². The average molecular weight is 609 g/mol. The van der Waals surface area contributed by atoms with Crippen molar-refractivity contribution in [3.63, 3.8) is 0 Å². The number of allylic oxidation sites excluding steroid dienone is 2. The monoisotopic (exact) mass is 609 g/mol. The molecule has 0 aliphatic rings. The number of ketones is 1. The second-order valence-electron chi connectivity index (χ2n) is 8.28.